The normalized spacial score (nSPS) is 8.45. The lowest BCUT2D eigenvalue weighted by atomic mass is 10.8. The largest absolute Gasteiger partial charge is 0.286 e. The number of rotatable bonds is 0. The minimum atomic E-state index is 1.50. The first-order valence-corrected chi connectivity index (χ1v) is 3.13. The van der Waals surface area contributed by atoms with E-state index in [1.807, 2.05) is 6.07 Å². The Balaban J connectivity index is 0.000000112. The molecule has 0 unspecified atom stereocenters. The van der Waals surface area contributed by atoms with E-state index in [9.17, 15) is 0 Å². The summed E-state index contributed by atoms with van der Waals surface area (Å²) in [6, 6.07) is 1.83. The zero-order chi connectivity index (χ0) is 7.94. The highest BCUT2D eigenvalue weighted by Crippen LogP contribution is 1.65. The van der Waals surface area contributed by atoms with Crippen LogP contribution in [-0.4, -0.2) is 25.2 Å². The number of aryl methyl sites for hydroxylation is 1. The van der Waals surface area contributed by atoms with Crippen LogP contribution in [0.15, 0.2) is 30.9 Å². The van der Waals surface area contributed by atoms with Gasteiger partial charge in [-0.05, 0) is 6.07 Å². The molecule has 0 aliphatic heterocycles. The first kappa shape index (κ1) is 7.46. The zero-order valence-corrected chi connectivity index (χ0v) is 6.18. The Bertz CT molecular complexity index is 229. The van der Waals surface area contributed by atoms with Gasteiger partial charge in [0, 0.05) is 19.4 Å². The molecule has 11 heavy (non-hydrogen) atoms. The van der Waals surface area contributed by atoms with Gasteiger partial charge >= 0.3 is 0 Å². The molecule has 0 bridgehead atoms. The van der Waals surface area contributed by atoms with Crippen LogP contribution in [0.25, 0.3) is 0 Å². The summed E-state index contributed by atoms with van der Waals surface area (Å²) in [6.07, 6.45) is 6.74. The van der Waals surface area contributed by atoms with Crippen LogP contribution < -0.4 is 0 Å². The summed E-state index contributed by atoms with van der Waals surface area (Å²) in [5.41, 5.74) is 0. The minimum absolute atomic E-state index is 1.50. The van der Waals surface area contributed by atoms with Crippen molar-refractivity contribution in [3.63, 3.8) is 0 Å². The lowest BCUT2D eigenvalue weighted by Gasteiger charge is -1.75. The summed E-state index contributed by atoms with van der Waals surface area (Å²) < 4.78 is 0. The van der Waals surface area contributed by atoms with Crippen molar-refractivity contribution < 1.29 is 0 Å². The lowest BCUT2D eigenvalue weighted by molar-refractivity contribution is 0.654. The number of H-pyrrole nitrogens is 1. The number of hydrogen-bond acceptors (Lipinski definition) is 3. The van der Waals surface area contributed by atoms with Crippen molar-refractivity contribution >= 4 is 0 Å². The maximum Gasteiger partial charge on any atom is 0.0692 e. The van der Waals surface area contributed by atoms with Crippen LogP contribution in [0.2, 0.25) is 0 Å². The number of hydrogen-bond donors (Lipinski definition) is 1. The van der Waals surface area contributed by atoms with Gasteiger partial charge in [0.1, 0.15) is 0 Å². The summed E-state index contributed by atoms with van der Waals surface area (Å²) >= 11 is 0. The molecule has 0 saturated carbocycles. The van der Waals surface area contributed by atoms with E-state index in [4.69, 9.17) is 0 Å². The molecule has 0 spiro atoms. The predicted octanol–water partition coefficient (Wildman–Crippen LogP) is 0.225. The SMILES string of the molecule is Cn1nccn1.c1cn[nH]c1. The third kappa shape index (κ3) is 3.14. The molecular weight excluding hydrogens is 142 g/mol. The topological polar surface area (TPSA) is 59.4 Å². The molecule has 0 aromatic carbocycles. The first-order chi connectivity index (χ1) is 5.39. The molecule has 0 aliphatic rings. The summed E-state index contributed by atoms with van der Waals surface area (Å²) in [6.45, 7) is 0. The standard InChI is InChI=1S/C3H5N3.C3H4N2/c1-6-4-2-3-5-6;1-2-4-5-3-1/h2-3H,1H3;1-3H,(H,4,5). The average Bonchev–Trinajstić information content (AvgIpc) is 2.57. The van der Waals surface area contributed by atoms with Gasteiger partial charge in [-0.15, -0.1) is 0 Å². The van der Waals surface area contributed by atoms with Crippen LogP contribution in [0.4, 0.5) is 0 Å². The quantitative estimate of drug-likeness (QED) is 0.586. The molecule has 0 fully saturated rings. The van der Waals surface area contributed by atoms with Gasteiger partial charge in [0.2, 0.25) is 0 Å². The lowest BCUT2D eigenvalue weighted by Crippen LogP contribution is -1.89. The molecule has 58 valence electrons. The summed E-state index contributed by atoms with van der Waals surface area (Å²) in [7, 11) is 1.78. The van der Waals surface area contributed by atoms with Crippen LogP contribution in [0.3, 0.4) is 0 Å². The van der Waals surface area contributed by atoms with Crippen LogP contribution in [-0.2, 0) is 7.05 Å². The van der Waals surface area contributed by atoms with Crippen molar-refractivity contribution in [3.05, 3.63) is 30.9 Å². The Morgan fingerprint density at radius 3 is 2.09 bits per heavy atom. The van der Waals surface area contributed by atoms with Gasteiger partial charge in [-0.25, -0.2) is 0 Å². The van der Waals surface area contributed by atoms with Gasteiger partial charge < -0.3 is 0 Å². The molecule has 0 atom stereocenters. The van der Waals surface area contributed by atoms with Crippen LogP contribution >= 0.6 is 0 Å². The molecule has 2 rings (SSSR count). The van der Waals surface area contributed by atoms with Crippen molar-refractivity contribution in [2.45, 2.75) is 0 Å². The summed E-state index contributed by atoms with van der Waals surface area (Å²) in [5, 5.41) is 13.7. The first-order valence-electron chi connectivity index (χ1n) is 3.13. The molecule has 2 aromatic rings. The van der Waals surface area contributed by atoms with Crippen LogP contribution in [0, 0.1) is 0 Å². The second kappa shape index (κ2) is 4.21. The minimum Gasteiger partial charge on any atom is -0.286 e. The fourth-order valence-corrected chi connectivity index (χ4v) is 0.498. The van der Waals surface area contributed by atoms with E-state index >= 15 is 0 Å². The molecule has 5 nitrogen and oxygen atoms in total. The Labute approximate surface area is 64.1 Å². The van der Waals surface area contributed by atoms with Crippen LogP contribution in [0.5, 0.6) is 0 Å². The van der Waals surface area contributed by atoms with E-state index in [0.29, 0.717) is 0 Å². The number of aromatic nitrogens is 5. The molecular formula is C6H9N5. The maximum atomic E-state index is 3.72. The van der Waals surface area contributed by atoms with E-state index in [1.54, 1.807) is 31.8 Å². The highest BCUT2D eigenvalue weighted by molar-refractivity contribution is 4.72. The van der Waals surface area contributed by atoms with Crippen LogP contribution in [0.1, 0.15) is 0 Å². The third-order valence-corrected chi connectivity index (χ3v) is 0.940. The van der Waals surface area contributed by atoms with Crippen molar-refractivity contribution in [2.75, 3.05) is 0 Å². The summed E-state index contributed by atoms with van der Waals surface area (Å²) in [4.78, 5) is 1.50. The molecule has 0 radical (unpaired) electrons. The Hall–Kier alpha value is -1.65. The highest BCUT2D eigenvalue weighted by Gasteiger charge is 1.70. The smallest absolute Gasteiger partial charge is 0.0692 e. The zero-order valence-electron chi connectivity index (χ0n) is 6.18. The van der Waals surface area contributed by atoms with Gasteiger partial charge in [0.25, 0.3) is 0 Å². The van der Waals surface area contributed by atoms with E-state index in [1.165, 1.54) is 4.80 Å². The van der Waals surface area contributed by atoms with Gasteiger partial charge in [0.05, 0.1) is 12.4 Å². The average molecular weight is 151 g/mol. The molecule has 1 N–H and O–H groups in total. The van der Waals surface area contributed by atoms with Gasteiger partial charge in [-0.1, -0.05) is 0 Å². The second-order valence-corrected chi connectivity index (χ2v) is 1.78. The number of nitrogens with zero attached hydrogens (tertiary/aromatic N) is 4. The fraction of sp³-hybridized carbons (Fsp3) is 0.167. The third-order valence-electron chi connectivity index (χ3n) is 0.940. The second-order valence-electron chi connectivity index (χ2n) is 1.78. The Kier molecular flexibility index (Phi) is 2.85. The molecule has 2 heterocycles. The van der Waals surface area contributed by atoms with Crippen molar-refractivity contribution in [2.24, 2.45) is 7.05 Å². The number of aromatic amines is 1. The number of nitrogens with one attached hydrogen (secondary N) is 1. The van der Waals surface area contributed by atoms with E-state index in [-0.39, 0.29) is 0 Å². The molecule has 5 heteroatoms. The molecule has 2 aromatic heterocycles. The molecule has 0 saturated heterocycles. The van der Waals surface area contributed by atoms with Gasteiger partial charge in [-0.3, -0.25) is 5.10 Å². The molecule has 0 aliphatic carbocycles. The highest BCUT2D eigenvalue weighted by atomic mass is 15.4. The predicted molar refractivity (Wildman–Crippen MR) is 39.6 cm³/mol. The van der Waals surface area contributed by atoms with Crippen molar-refractivity contribution in [3.8, 4) is 0 Å². The fourth-order valence-electron chi connectivity index (χ4n) is 0.498. The Morgan fingerprint density at radius 2 is 1.91 bits per heavy atom. The monoisotopic (exact) mass is 151 g/mol. The van der Waals surface area contributed by atoms with Gasteiger partial charge in [-0.2, -0.15) is 20.1 Å². The van der Waals surface area contributed by atoms with E-state index in [0.717, 1.165) is 0 Å². The molecule has 0 amide bonds. The van der Waals surface area contributed by atoms with Gasteiger partial charge in [0.15, 0.2) is 0 Å². The van der Waals surface area contributed by atoms with E-state index in [2.05, 4.69) is 20.4 Å². The summed E-state index contributed by atoms with van der Waals surface area (Å²) in [5.74, 6) is 0. The van der Waals surface area contributed by atoms with Crippen molar-refractivity contribution in [1.29, 1.82) is 0 Å². The van der Waals surface area contributed by atoms with E-state index < -0.39 is 0 Å². The Morgan fingerprint density at radius 1 is 1.18 bits per heavy atom. The van der Waals surface area contributed by atoms with Crippen molar-refractivity contribution in [1.82, 2.24) is 25.2 Å². The maximum absolute atomic E-state index is 3.72.